The molecule has 0 bridgehead atoms. The molecule has 1 atom stereocenters. The Kier molecular flexibility index (Phi) is 6.65. The van der Waals surface area contributed by atoms with Gasteiger partial charge in [-0.25, -0.2) is 9.18 Å². The zero-order valence-corrected chi connectivity index (χ0v) is 22.2. The normalized spacial score (nSPS) is 13.8. The van der Waals surface area contributed by atoms with Gasteiger partial charge in [-0.15, -0.1) is 0 Å². The van der Waals surface area contributed by atoms with Crippen molar-refractivity contribution in [1.29, 1.82) is 0 Å². The molecule has 0 N–H and O–H groups in total. The third-order valence-electron chi connectivity index (χ3n) is 6.73. The molecule has 7 heteroatoms. The molecule has 0 saturated carbocycles. The van der Waals surface area contributed by atoms with E-state index in [9.17, 15) is 9.59 Å². The largest absolute Gasteiger partial charge is 0.493 e. The van der Waals surface area contributed by atoms with E-state index >= 15 is 4.39 Å². The third kappa shape index (κ3) is 4.41. The molecule has 0 aliphatic carbocycles. The van der Waals surface area contributed by atoms with Gasteiger partial charge < -0.3 is 14.2 Å². The van der Waals surface area contributed by atoms with E-state index in [0.29, 0.717) is 46.0 Å². The highest BCUT2D eigenvalue weighted by atomic mass is 19.1. The predicted molar refractivity (Wildman–Crippen MR) is 144 cm³/mol. The first kappa shape index (κ1) is 25.8. The van der Waals surface area contributed by atoms with Crippen LogP contribution in [0.4, 0.5) is 4.39 Å². The van der Waals surface area contributed by atoms with Gasteiger partial charge in [0.2, 0.25) is 0 Å². The molecule has 4 aromatic rings. The Bertz CT molecular complexity index is 1580. The van der Waals surface area contributed by atoms with Gasteiger partial charge in [0.15, 0.2) is 12.4 Å². The molecule has 0 fully saturated rings. The van der Waals surface area contributed by atoms with Gasteiger partial charge in [-0.2, -0.15) is 0 Å². The molecule has 0 spiro atoms. The summed E-state index contributed by atoms with van der Waals surface area (Å²) in [5.41, 5.74) is 3.60. The molecule has 1 aromatic heterocycles. The van der Waals surface area contributed by atoms with Crippen LogP contribution in [-0.4, -0.2) is 36.1 Å². The second-order valence-electron chi connectivity index (χ2n) is 10.4. The molecule has 6 nitrogen and oxygen atoms in total. The summed E-state index contributed by atoms with van der Waals surface area (Å²) < 4.78 is 33.3. The summed E-state index contributed by atoms with van der Waals surface area (Å²) in [6, 6.07) is 10.6. The van der Waals surface area contributed by atoms with Crippen LogP contribution in [0.25, 0.3) is 32.8 Å². The van der Waals surface area contributed by atoms with Crippen LogP contribution in [0.15, 0.2) is 42.6 Å². The minimum absolute atomic E-state index is 0.0353. The number of esters is 1. The molecule has 2 heterocycles. The monoisotopic (exact) mass is 515 g/mol. The quantitative estimate of drug-likeness (QED) is 0.211. The number of rotatable bonds is 6. The minimum Gasteiger partial charge on any atom is -0.493 e. The Morgan fingerprint density at radius 1 is 1.18 bits per heavy atom. The van der Waals surface area contributed by atoms with E-state index in [1.807, 2.05) is 45.9 Å². The average molecular weight is 516 g/mol. The lowest BCUT2D eigenvalue weighted by Gasteiger charge is -2.30. The number of hydrogen-bond donors (Lipinski definition) is 0. The number of ether oxygens (including phenoxy) is 3. The van der Waals surface area contributed by atoms with E-state index in [1.54, 1.807) is 25.3 Å². The van der Waals surface area contributed by atoms with Crippen molar-refractivity contribution in [3.8, 4) is 16.9 Å². The van der Waals surface area contributed by atoms with Gasteiger partial charge in [0, 0.05) is 34.5 Å². The van der Waals surface area contributed by atoms with E-state index < -0.39 is 23.5 Å². The first-order chi connectivity index (χ1) is 18.1. The number of carbonyl (C=O) groups excluding carboxylic acids is 2. The number of aromatic nitrogens is 1. The van der Waals surface area contributed by atoms with E-state index in [4.69, 9.17) is 19.2 Å². The number of halogens is 1. The van der Waals surface area contributed by atoms with E-state index in [1.165, 1.54) is 6.07 Å². The van der Waals surface area contributed by atoms with Gasteiger partial charge in [-0.1, -0.05) is 6.07 Å². The van der Waals surface area contributed by atoms with Gasteiger partial charge in [-0.3, -0.25) is 9.78 Å². The first-order valence-corrected chi connectivity index (χ1v) is 12.7. The average Bonchev–Trinajstić information content (AvgIpc) is 2.88. The van der Waals surface area contributed by atoms with Gasteiger partial charge in [-0.05, 0) is 87.0 Å². The lowest BCUT2D eigenvalue weighted by Crippen LogP contribution is -2.29. The van der Waals surface area contributed by atoms with Crippen molar-refractivity contribution < 1.29 is 28.2 Å². The number of carbonyl (C=O) groups is 2. The van der Waals surface area contributed by atoms with Crippen molar-refractivity contribution in [3.05, 3.63) is 70.7 Å². The summed E-state index contributed by atoms with van der Waals surface area (Å²) in [4.78, 5) is 29.7. The molecule has 0 radical (unpaired) electrons. The van der Waals surface area contributed by atoms with Crippen molar-refractivity contribution in [2.24, 2.45) is 0 Å². The van der Waals surface area contributed by atoms with E-state index in [2.05, 4.69) is 0 Å². The maximum Gasteiger partial charge on any atom is 0.339 e. The van der Waals surface area contributed by atoms with Crippen molar-refractivity contribution in [3.63, 3.8) is 0 Å². The number of benzene rings is 3. The number of pyridine rings is 1. The Balaban J connectivity index is 1.93. The zero-order valence-electron chi connectivity index (χ0n) is 22.2. The van der Waals surface area contributed by atoms with E-state index in [-0.39, 0.29) is 17.6 Å². The fourth-order valence-electron chi connectivity index (χ4n) is 5.22. The molecule has 0 unspecified atom stereocenters. The number of aryl methyl sites for hydroxylation is 1. The molecule has 1 aliphatic heterocycles. The van der Waals surface area contributed by atoms with Crippen LogP contribution in [0, 0.1) is 12.7 Å². The fraction of sp³-hybridized carbons (Fsp3) is 0.323. The Labute approximate surface area is 220 Å². The predicted octanol–water partition coefficient (Wildman–Crippen LogP) is 6.67. The van der Waals surface area contributed by atoms with Gasteiger partial charge in [0.05, 0.1) is 29.9 Å². The first-order valence-electron chi connectivity index (χ1n) is 12.7. The van der Waals surface area contributed by atoms with Crippen LogP contribution in [0.1, 0.15) is 60.8 Å². The number of aldehydes is 1. The maximum atomic E-state index is 15.5. The van der Waals surface area contributed by atoms with E-state index in [0.717, 1.165) is 23.1 Å². The number of hydrogen-bond acceptors (Lipinski definition) is 6. The van der Waals surface area contributed by atoms with Gasteiger partial charge in [0.25, 0.3) is 0 Å². The smallest absolute Gasteiger partial charge is 0.339 e. The minimum atomic E-state index is -1.08. The molecule has 3 aromatic carbocycles. The Hall–Kier alpha value is -3.84. The highest BCUT2D eigenvalue weighted by Gasteiger charge is 2.34. The van der Waals surface area contributed by atoms with Crippen molar-refractivity contribution in [2.75, 3.05) is 13.2 Å². The Morgan fingerprint density at radius 2 is 1.97 bits per heavy atom. The van der Waals surface area contributed by atoms with Crippen LogP contribution >= 0.6 is 0 Å². The topological polar surface area (TPSA) is 74.7 Å². The number of fused-ring (bicyclic) bond motifs is 1. The molecule has 38 heavy (non-hydrogen) atoms. The van der Waals surface area contributed by atoms with Crippen LogP contribution in [-0.2, 0) is 20.7 Å². The van der Waals surface area contributed by atoms with Crippen LogP contribution < -0.4 is 4.74 Å². The lowest BCUT2D eigenvalue weighted by atomic mass is 9.85. The van der Waals surface area contributed by atoms with Crippen LogP contribution in [0.3, 0.4) is 0 Å². The summed E-state index contributed by atoms with van der Waals surface area (Å²) >= 11 is 0. The second-order valence-corrected chi connectivity index (χ2v) is 10.4. The van der Waals surface area contributed by atoms with Crippen LogP contribution in [0.5, 0.6) is 5.75 Å². The molecule has 1 aliphatic rings. The van der Waals surface area contributed by atoms with Gasteiger partial charge >= 0.3 is 5.97 Å². The summed E-state index contributed by atoms with van der Waals surface area (Å²) in [5.74, 6) is -0.411. The summed E-state index contributed by atoms with van der Waals surface area (Å²) in [7, 11) is 0. The second kappa shape index (κ2) is 9.80. The van der Waals surface area contributed by atoms with Crippen LogP contribution in [0.2, 0.25) is 0 Å². The summed E-state index contributed by atoms with van der Waals surface area (Å²) in [6.45, 7) is 9.92. The summed E-state index contributed by atoms with van der Waals surface area (Å²) in [5, 5.41) is 1.71. The summed E-state index contributed by atoms with van der Waals surface area (Å²) in [6.07, 6.45) is 1.92. The maximum absolute atomic E-state index is 15.5. The molecular formula is C31H30FNO5. The van der Waals surface area contributed by atoms with Crippen molar-refractivity contribution in [2.45, 2.75) is 52.7 Å². The van der Waals surface area contributed by atoms with Crippen molar-refractivity contribution in [1.82, 2.24) is 4.98 Å². The molecule has 196 valence electrons. The lowest BCUT2D eigenvalue weighted by molar-refractivity contribution is -0.166. The fourth-order valence-corrected chi connectivity index (χ4v) is 5.22. The SMILES string of the molecule is CCOC(=O)[C@@H](OC(C)(C)C)c1c(C)cc2c(F)c(C=O)ccc2c1-c1ccc2c3c(ccnc13)CCO2. The molecule has 0 amide bonds. The standard InChI is InChI=1S/C31H30FNO5/c1-6-36-30(35)29(38-31(3,4)5)24-17(2)15-22-20(8-7-19(16-34)27(22)32)26(24)21-9-10-23-25-18(12-14-37-23)11-13-33-28(21)25/h7-11,13,15-16,29H,6,12,14H2,1-5H3/t29-/m0/s1. The van der Waals surface area contributed by atoms with Gasteiger partial charge in [0.1, 0.15) is 11.6 Å². The zero-order chi connectivity index (χ0) is 27.2. The third-order valence-corrected chi connectivity index (χ3v) is 6.73. The Morgan fingerprint density at radius 3 is 2.68 bits per heavy atom. The highest BCUT2D eigenvalue weighted by molar-refractivity contribution is 6.09. The molecular weight excluding hydrogens is 485 g/mol. The van der Waals surface area contributed by atoms with Crippen molar-refractivity contribution >= 4 is 33.9 Å². The molecule has 5 rings (SSSR count). The number of nitrogens with zero attached hydrogens (tertiary/aromatic N) is 1. The highest BCUT2D eigenvalue weighted by Crippen LogP contribution is 2.45. The molecule has 0 saturated heterocycles.